The quantitative estimate of drug-likeness (QED) is 0.666. The van der Waals surface area contributed by atoms with E-state index < -0.39 is 6.09 Å². The SMILES string of the molecule is CCC1COC(=O)N1c1nc(C)nc(N[C@@H](C)c2cc3cc(C)ccc3[nH]c2=O)n1. The third-order valence-corrected chi connectivity index (χ3v) is 5.22. The fraction of sp³-hybridized carbons (Fsp3) is 0.381. The average Bonchev–Trinajstić information content (AvgIpc) is 3.07. The molecule has 1 aliphatic rings. The molecular formula is C21H24N6O3. The van der Waals surface area contributed by atoms with Gasteiger partial charge in [-0.05, 0) is 50.8 Å². The van der Waals surface area contributed by atoms with Crippen LogP contribution in [-0.4, -0.2) is 38.7 Å². The number of aryl methyl sites for hydroxylation is 2. The van der Waals surface area contributed by atoms with Gasteiger partial charge in [0.2, 0.25) is 11.9 Å². The number of aromatic nitrogens is 4. The highest BCUT2D eigenvalue weighted by atomic mass is 16.6. The van der Waals surface area contributed by atoms with Crippen molar-refractivity contribution >= 4 is 28.9 Å². The Bertz CT molecular complexity index is 1180. The van der Waals surface area contributed by atoms with Crippen LogP contribution in [0.1, 0.15) is 43.3 Å². The summed E-state index contributed by atoms with van der Waals surface area (Å²) >= 11 is 0. The summed E-state index contributed by atoms with van der Waals surface area (Å²) in [4.78, 5) is 42.2. The van der Waals surface area contributed by atoms with Gasteiger partial charge in [-0.1, -0.05) is 18.6 Å². The number of benzene rings is 1. The van der Waals surface area contributed by atoms with Crippen LogP contribution in [0, 0.1) is 13.8 Å². The largest absolute Gasteiger partial charge is 0.447 e. The van der Waals surface area contributed by atoms with Gasteiger partial charge in [0.15, 0.2) is 0 Å². The number of amides is 1. The number of carbonyl (C=O) groups is 1. The molecule has 0 radical (unpaired) electrons. The Hall–Kier alpha value is -3.49. The van der Waals surface area contributed by atoms with E-state index in [0.717, 1.165) is 22.9 Å². The number of pyridine rings is 1. The molecule has 4 rings (SSSR count). The number of nitrogens with one attached hydrogen (secondary N) is 2. The van der Waals surface area contributed by atoms with E-state index in [9.17, 15) is 9.59 Å². The predicted octanol–water partition coefficient (Wildman–Crippen LogP) is 3.24. The second kappa shape index (κ2) is 7.74. The number of fused-ring (bicyclic) bond motifs is 1. The smallest absolute Gasteiger partial charge is 0.417 e. The maximum atomic E-state index is 12.6. The minimum Gasteiger partial charge on any atom is -0.447 e. The molecule has 0 saturated carbocycles. The number of nitrogens with zero attached hydrogens (tertiary/aromatic N) is 4. The maximum absolute atomic E-state index is 12.6. The van der Waals surface area contributed by atoms with Gasteiger partial charge in [-0.2, -0.15) is 15.0 Å². The molecular weight excluding hydrogens is 384 g/mol. The first-order valence-electron chi connectivity index (χ1n) is 9.94. The van der Waals surface area contributed by atoms with Crippen molar-refractivity contribution in [3.05, 3.63) is 51.6 Å². The Morgan fingerprint density at radius 2 is 2.03 bits per heavy atom. The number of H-pyrrole nitrogens is 1. The van der Waals surface area contributed by atoms with Crippen molar-refractivity contribution in [1.82, 2.24) is 19.9 Å². The summed E-state index contributed by atoms with van der Waals surface area (Å²) in [5, 5.41) is 4.12. The van der Waals surface area contributed by atoms with Crippen molar-refractivity contribution in [3.63, 3.8) is 0 Å². The molecule has 1 fully saturated rings. The van der Waals surface area contributed by atoms with Gasteiger partial charge < -0.3 is 15.0 Å². The van der Waals surface area contributed by atoms with Crippen molar-refractivity contribution in [2.24, 2.45) is 0 Å². The van der Waals surface area contributed by atoms with Crippen LogP contribution in [0.3, 0.4) is 0 Å². The molecule has 1 aliphatic heterocycles. The molecule has 30 heavy (non-hydrogen) atoms. The van der Waals surface area contributed by atoms with Crippen LogP contribution in [0.25, 0.3) is 10.9 Å². The third-order valence-electron chi connectivity index (χ3n) is 5.22. The van der Waals surface area contributed by atoms with Gasteiger partial charge in [0.05, 0.1) is 12.1 Å². The molecule has 2 atom stereocenters. The number of hydrogen-bond donors (Lipinski definition) is 2. The maximum Gasteiger partial charge on any atom is 0.417 e. The molecule has 3 aromatic rings. The average molecular weight is 408 g/mol. The minimum absolute atomic E-state index is 0.115. The van der Waals surface area contributed by atoms with E-state index in [1.54, 1.807) is 6.92 Å². The second-order valence-electron chi connectivity index (χ2n) is 7.53. The molecule has 9 heteroatoms. The molecule has 9 nitrogen and oxygen atoms in total. The lowest BCUT2D eigenvalue weighted by Crippen LogP contribution is -2.35. The van der Waals surface area contributed by atoms with Crippen LogP contribution in [0.15, 0.2) is 29.1 Å². The van der Waals surface area contributed by atoms with Crippen molar-refractivity contribution in [1.29, 1.82) is 0 Å². The summed E-state index contributed by atoms with van der Waals surface area (Å²) in [5.41, 5.74) is 2.30. The molecule has 0 bridgehead atoms. The Labute approximate surface area is 173 Å². The summed E-state index contributed by atoms with van der Waals surface area (Å²) in [7, 11) is 0. The molecule has 1 aromatic carbocycles. The number of ether oxygens (including phenoxy) is 1. The number of anilines is 2. The van der Waals surface area contributed by atoms with E-state index >= 15 is 0 Å². The number of rotatable bonds is 5. The number of hydrogen-bond acceptors (Lipinski definition) is 7. The zero-order valence-electron chi connectivity index (χ0n) is 17.4. The van der Waals surface area contributed by atoms with E-state index in [2.05, 4.69) is 25.3 Å². The first-order chi connectivity index (χ1) is 14.4. The van der Waals surface area contributed by atoms with Gasteiger partial charge in [0, 0.05) is 11.1 Å². The Kier molecular flexibility index (Phi) is 5.11. The van der Waals surface area contributed by atoms with Crippen LogP contribution in [-0.2, 0) is 4.74 Å². The topological polar surface area (TPSA) is 113 Å². The van der Waals surface area contributed by atoms with E-state index in [4.69, 9.17) is 4.74 Å². The van der Waals surface area contributed by atoms with E-state index in [1.807, 2.05) is 45.0 Å². The number of carbonyl (C=O) groups excluding carboxylic acids is 1. The van der Waals surface area contributed by atoms with Gasteiger partial charge in [0.1, 0.15) is 12.4 Å². The highest BCUT2D eigenvalue weighted by Crippen LogP contribution is 2.24. The van der Waals surface area contributed by atoms with Crippen LogP contribution in [0.4, 0.5) is 16.7 Å². The fourth-order valence-corrected chi connectivity index (χ4v) is 3.58. The van der Waals surface area contributed by atoms with Crippen molar-refractivity contribution in [2.75, 3.05) is 16.8 Å². The molecule has 1 unspecified atom stereocenters. The summed E-state index contributed by atoms with van der Waals surface area (Å²) in [6.07, 6.45) is 0.259. The van der Waals surface area contributed by atoms with E-state index in [1.165, 1.54) is 4.90 Å². The summed E-state index contributed by atoms with van der Waals surface area (Å²) in [5.74, 6) is 1.00. The van der Waals surface area contributed by atoms with Gasteiger partial charge in [-0.25, -0.2) is 9.69 Å². The summed E-state index contributed by atoms with van der Waals surface area (Å²) < 4.78 is 5.14. The lowest BCUT2D eigenvalue weighted by molar-refractivity contribution is 0.178. The zero-order chi connectivity index (χ0) is 21.4. The van der Waals surface area contributed by atoms with Crippen molar-refractivity contribution in [2.45, 2.75) is 46.2 Å². The molecule has 2 aromatic heterocycles. The minimum atomic E-state index is -0.465. The molecule has 0 aliphatic carbocycles. The molecule has 0 spiro atoms. The highest BCUT2D eigenvalue weighted by Gasteiger charge is 2.35. The third kappa shape index (κ3) is 3.70. The van der Waals surface area contributed by atoms with Crippen LogP contribution in [0.2, 0.25) is 0 Å². The van der Waals surface area contributed by atoms with Crippen LogP contribution in [0.5, 0.6) is 0 Å². The lowest BCUT2D eigenvalue weighted by Gasteiger charge is -2.20. The van der Waals surface area contributed by atoms with Gasteiger partial charge in [0.25, 0.3) is 5.56 Å². The fourth-order valence-electron chi connectivity index (χ4n) is 3.58. The summed E-state index contributed by atoms with van der Waals surface area (Å²) in [6.45, 7) is 7.89. The standard InChI is InChI=1S/C21H24N6O3/c1-5-15-10-30-21(29)27(15)20-24-13(4)23-19(26-20)22-12(3)16-9-14-8-11(2)6-7-17(14)25-18(16)28/h6-9,12,15H,5,10H2,1-4H3,(H,25,28)(H,22,23,24,26)/t12-,15?/m0/s1. The Balaban J connectivity index is 1.65. The molecule has 156 valence electrons. The normalized spacial score (nSPS) is 17.3. The van der Waals surface area contributed by atoms with Crippen LogP contribution < -0.4 is 15.8 Å². The molecule has 2 N–H and O–H groups in total. The second-order valence-corrected chi connectivity index (χ2v) is 7.53. The Morgan fingerprint density at radius 3 is 2.80 bits per heavy atom. The van der Waals surface area contributed by atoms with Crippen molar-refractivity contribution in [3.8, 4) is 0 Å². The van der Waals surface area contributed by atoms with Crippen LogP contribution >= 0.6 is 0 Å². The van der Waals surface area contributed by atoms with Crippen molar-refractivity contribution < 1.29 is 9.53 Å². The van der Waals surface area contributed by atoms with E-state index in [-0.39, 0.29) is 23.6 Å². The Morgan fingerprint density at radius 1 is 1.23 bits per heavy atom. The summed E-state index contributed by atoms with van der Waals surface area (Å²) in [6, 6.07) is 7.28. The number of aromatic amines is 1. The van der Waals surface area contributed by atoms with Gasteiger partial charge in [-0.3, -0.25) is 4.79 Å². The first-order valence-corrected chi connectivity index (χ1v) is 9.94. The monoisotopic (exact) mass is 408 g/mol. The van der Waals surface area contributed by atoms with Gasteiger partial charge >= 0.3 is 6.09 Å². The molecule has 1 saturated heterocycles. The molecule has 1 amide bonds. The first kappa shape index (κ1) is 19.8. The molecule has 3 heterocycles. The van der Waals surface area contributed by atoms with E-state index in [0.29, 0.717) is 23.9 Å². The number of cyclic esters (lactones) is 1. The lowest BCUT2D eigenvalue weighted by atomic mass is 10.1. The zero-order valence-corrected chi connectivity index (χ0v) is 17.4. The predicted molar refractivity (Wildman–Crippen MR) is 114 cm³/mol. The van der Waals surface area contributed by atoms with Gasteiger partial charge in [-0.15, -0.1) is 0 Å². The highest BCUT2D eigenvalue weighted by molar-refractivity contribution is 5.88.